The van der Waals surface area contributed by atoms with E-state index in [2.05, 4.69) is 212 Å². The van der Waals surface area contributed by atoms with Gasteiger partial charge in [0.25, 0.3) is 0 Å². The van der Waals surface area contributed by atoms with Gasteiger partial charge >= 0.3 is 0 Å². The van der Waals surface area contributed by atoms with Gasteiger partial charge in [-0.25, -0.2) is 15.0 Å². The molecule has 0 saturated heterocycles. The van der Waals surface area contributed by atoms with E-state index in [9.17, 15) is 0 Å². The maximum Gasteiger partial charge on any atom is 0.164 e. The van der Waals surface area contributed by atoms with Crippen molar-refractivity contribution in [3.05, 3.63) is 246 Å². The summed E-state index contributed by atoms with van der Waals surface area (Å²) in [4.78, 5) is 15.3. The maximum atomic E-state index is 5.11. The van der Waals surface area contributed by atoms with Gasteiger partial charge in [0, 0.05) is 28.3 Å². The number of benzene rings is 6. The van der Waals surface area contributed by atoms with Crippen LogP contribution in [0.5, 0.6) is 0 Å². The van der Waals surface area contributed by atoms with E-state index in [1.165, 1.54) is 50.2 Å². The Morgan fingerprint density at radius 2 is 1.02 bits per heavy atom. The molecule has 4 atom stereocenters. The van der Waals surface area contributed by atoms with Gasteiger partial charge in [-0.05, 0) is 93.4 Å². The molecular weight excluding hydrogens is 753 g/mol. The molecule has 0 saturated carbocycles. The maximum absolute atomic E-state index is 5.11. The molecule has 0 bridgehead atoms. The average Bonchev–Trinajstić information content (AvgIpc) is 3.37. The van der Waals surface area contributed by atoms with Crippen LogP contribution in [0.3, 0.4) is 0 Å². The molecule has 7 aromatic rings. The second kappa shape index (κ2) is 16.6. The van der Waals surface area contributed by atoms with Crippen LogP contribution < -0.4 is 5.32 Å². The summed E-state index contributed by atoms with van der Waals surface area (Å²) in [6.45, 7) is 0. The van der Waals surface area contributed by atoms with Crippen LogP contribution in [0.25, 0.3) is 56.4 Å². The first kappa shape index (κ1) is 37.6. The number of hydrogen-bond acceptors (Lipinski definition) is 4. The van der Waals surface area contributed by atoms with Crippen molar-refractivity contribution in [2.75, 3.05) is 0 Å². The number of dihydropyridines is 1. The van der Waals surface area contributed by atoms with Gasteiger partial charge < -0.3 is 5.32 Å². The molecule has 1 N–H and O–H groups in total. The van der Waals surface area contributed by atoms with E-state index >= 15 is 0 Å². The molecule has 0 spiro atoms. The summed E-state index contributed by atoms with van der Waals surface area (Å²) in [7, 11) is 0. The van der Waals surface area contributed by atoms with Crippen molar-refractivity contribution in [1.29, 1.82) is 0 Å². The van der Waals surface area contributed by atoms with Crippen LogP contribution in [0, 0.1) is 11.8 Å². The first-order valence-electron chi connectivity index (χ1n) is 21.9. The molecule has 6 aromatic carbocycles. The van der Waals surface area contributed by atoms with Crippen molar-refractivity contribution in [3.63, 3.8) is 0 Å². The lowest BCUT2D eigenvalue weighted by molar-refractivity contribution is 0.442. The van der Waals surface area contributed by atoms with E-state index in [1.54, 1.807) is 0 Å². The van der Waals surface area contributed by atoms with Gasteiger partial charge in [-0.2, -0.15) is 0 Å². The minimum Gasteiger partial charge on any atom is -0.374 e. The van der Waals surface area contributed by atoms with Crippen molar-refractivity contribution in [1.82, 2.24) is 20.3 Å². The molecule has 1 aromatic heterocycles. The normalized spacial score (nSPS) is 20.1. The minimum atomic E-state index is 0.124. The molecule has 11 rings (SSSR count). The number of aromatic nitrogens is 3. The largest absolute Gasteiger partial charge is 0.374 e. The summed E-state index contributed by atoms with van der Waals surface area (Å²) < 4.78 is 0. The van der Waals surface area contributed by atoms with Gasteiger partial charge in [0.15, 0.2) is 17.5 Å². The quantitative estimate of drug-likeness (QED) is 0.166. The molecule has 1 aliphatic heterocycles. The molecule has 4 nitrogen and oxygen atoms in total. The van der Waals surface area contributed by atoms with Crippen molar-refractivity contribution >= 4 is 11.1 Å². The van der Waals surface area contributed by atoms with Gasteiger partial charge in [-0.1, -0.05) is 200 Å². The second-order valence-corrected chi connectivity index (χ2v) is 16.7. The van der Waals surface area contributed by atoms with Crippen LogP contribution in [0.15, 0.2) is 224 Å². The zero-order valence-corrected chi connectivity index (χ0v) is 34.5. The molecule has 4 heteroatoms. The monoisotopic (exact) mass is 798 g/mol. The number of rotatable bonds is 8. The Morgan fingerprint density at radius 1 is 0.468 bits per heavy atom. The highest BCUT2D eigenvalue weighted by molar-refractivity contribution is 5.84. The molecule has 0 fully saturated rings. The molecule has 0 radical (unpaired) electrons. The fraction of sp³-hybridized carbons (Fsp3) is 0.121. The number of allylic oxidation sites excluding steroid dienone is 10. The fourth-order valence-electron chi connectivity index (χ4n) is 9.59. The third kappa shape index (κ3) is 7.50. The second-order valence-electron chi connectivity index (χ2n) is 16.7. The summed E-state index contributed by atoms with van der Waals surface area (Å²) in [5.74, 6) is 3.20. The summed E-state index contributed by atoms with van der Waals surface area (Å²) in [6, 6.07) is 58.4. The van der Waals surface area contributed by atoms with Gasteiger partial charge in [-0.15, -0.1) is 0 Å². The number of nitrogens with one attached hydrogen (secondary N) is 1. The number of nitrogens with zero attached hydrogens (tertiary/aromatic N) is 3. The first-order valence-corrected chi connectivity index (χ1v) is 21.9. The lowest BCUT2D eigenvalue weighted by Crippen LogP contribution is -2.32. The van der Waals surface area contributed by atoms with Gasteiger partial charge in [0.05, 0.1) is 6.04 Å². The van der Waals surface area contributed by atoms with Crippen molar-refractivity contribution in [2.45, 2.75) is 31.2 Å². The summed E-state index contributed by atoms with van der Waals surface area (Å²) in [5, 5.41) is 3.90. The Bertz CT molecular complexity index is 2920. The van der Waals surface area contributed by atoms with E-state index in [4.69, 9.17) is 15.0 Å². The van der Waals surface area contributed by atoms with E-state index in [0.29, 0.717) is 35.2 Å². The average molecular weight is 799 g/mol. The number of fused-ring (bicyclic) bond motifs is 2. The number of hydrogen-bond donors (Lipinski definition) is 1. The van der Waals surface area contributed by atoms with E-state index in [0.717, 1.165) is 41.5 Å². The Morgan fingerprint density at radius 3 is 1.63 bits per heavy atom. The molecule has 3 aliphatic carbocycles. The standard InChI is InChI=1S/C58H46N4/c1-5-13-39(14-6-1)41-21-27-46(28-22-41)56-60-57(47-29-23-42(24-30-47)40-15-7-2-8-16-40)62-58(61-56)48-31-25-43(26-32-48)49-33-35-51-50(37-49)34-36-53-55(51)52(44-17-9-3-10-18-44)38-54(59-53)45-19-11-4-12-20-45/h1-15,17-34,36,38,40,50-51,54,59H,16,35,37H2. The Labute approximate surface area is 364 Å². The molecule has 62 heavy (non-hydrogen) atoms. The predicted octanol–water partition coefficient (Wildman–Crippen LogP) is 13.8. The molecular formula is C58H46N4. The SMILES string of the molecule is C1=CCC(c2ccc(-c3nc(-c4ccc(C5=CCC6C7=C(C=CC6C5)NC(c5ccccc5)C=C7c5ccccc5)cc4)nc(-c4ccc(-c5ccccc5)cc4)n3)cc2)C=C1. The molecule has 0 amide bonds. The van der Waals surface area contributed by atoms with Gasteiger partial charge in [-0.3, -0.25) is 0 Å². The Kier molecular flexibility index (Phi) is 10.0. The van der Waals surface area contributed by atoms with Gasteiger partial charge in [0.1, 0.15) is 0 Å². The highest BCUT2D eigenvalue weighted by atomic mass is 15.0. The van der Waals surface area contributed by atoms with Crippen LogP contribution in [-0.4, -0.2) is 15.0 Å². The predicted molar refractivity (Wildman–Crippen MR) is 254 cm³/mol. The van der Waals surface area contributed by atoms with Crippen molar-refractivity contribution in [2.24, 2.45) is 11.8 Å². The van der Waals surface area contributed by atoms with E-state index < -0.39 is 0 Å². The smallest absolute Gasteiger partial charge is 0.164 e. The van der Waals surface area contributed by atoms with Crippen molar-refractivity contribution in [3.8, 4) is 45.3 Å². The van der Waals surface area contributed by atoms with Gasteiger partial charge in [0.2, 0.25) is 0 Å². The molecule has 4 aliphatic rings. The summed E-state index contributed by atoms with van der Waals surface area (Å²) in [5.41, 5.74) is 15.8. The van der Waals surface area contributed by atoms with Crippen LogP contribution in [0.4, 0.5) is 0 Å². The molecule has 298 valence electrons. The zero-order valence-electron chi connectivity index (χ0n) is 34.5. The fourth-order valence-corrected chi connectivity index (χ4v) is 9.59. The van der Waals surface area contributed by atoms with Crippen LogP contribution in [-0.2, 0) is 0 Å². The first-order chi connectivity index (χ1) is 30.7. The summed E-state index contributed by atoms with van der Waals surface area (Å²) >= 11 is 0. The Balaban J connectivity index is 0.889. The summed E-state index contributed by atoms with van der Waals surface area (Å²) in [6.07, 6.45) is 21.5. The highest BCUT2D eigenvalue weighted by Crippen LogP contribution is 2.49. The van der Waals surface area contributed by atoms with Crippen molar-refractivity contribution < 1.29 is 0 Å². The third-order valence-corrected chi connectivity index (χ3v) is 12.9. The molecule has 2 heterocycles. The van der Waals surface area contributed by atoms with Crippen LogP contribution >= 0.6 is 0 Å². The lowest BCUT2D eigenvalue weighted by Gasteiger charge is -2.40. The zero-order chi connectivity index (χ0) is 41.2. The van der Waals surface area contributed by atoms with Crippen LogP contribution in [0.1, 0.15) is 53.5 Å². The lowest BCUT2D eigenvalue weighted by atomic mass is 9.68. The topological polar surface area (TPSA) is 50.7 Å². The molecule has 4 unspecified atom stereocenters. The Hall–Kier alpha value is -7.43. The van der Waals surface area contributed by atoms with Crippen LogP contribution in [0.2, 0.25) is 0 Å². The van der Waals surface area contributed by atoms with E-state index in [1.807, 2.05) is 6.07 Å². The minimum absolute atomic E-state index is 0.124. The third-order valence-electron chi connectivity index (χ3n) is 12.9. The van der Waals surface area contributed by atoms with E-state index in [-0.39, 0.29) is 6.04 Å². The highest BCUT2D eigenvalue weighted by Gasteiger charge is 2.36.